The van der Waals surface area contributed by atoms with E-state index in [1.54, 1.807) is 0 Å². The molecule has 0 spiro atoms. The van der Waals surface area contributed by atoms with Crippen LogP contribution in [-0.4, -0.2) is 37.6 Å². The molecule has 1 heterocycles. The monoisotopic (exact) mass is 367 g/mol. The van der Waals surface area contributed by atoms with Crippen molar-refractivity contribution in [3.05, 3.63) is 18.2 Å². The van der Waals surface area contributed by atoms with E-state index in [9.17, 15) is 18.0 Å². The standard InChI is InChI=1S/C17H25N3O4S/c1-11(2)9-20(10-12(3)4)25(23,24)13-5-6-14-15(7-13)19-17(22)8-16(21)18-14/h5-7,11-12H,8-10H2,1-4H3,(H,18,21)(H,19,22). The Balaban J connectivity index is 2.41. The number of nitrogens with zero attached hydrogens (tertiary/aromatic N) is 1. The van der Waals surface area contributed by atoms with Crippen molar-refractivity contribution >= 4 is 33.2 Å². The molecular formula is C17H25N3O4S. The molecule has 0 unspecified atom stereocenters. The summed E-state index contributed by atoms with van der Waals surface area (Å²) in [6.45, 7) is 8.71. The van der Waals surface area contributed by atoms with Crippen LogP contribution in [0.1, 0.15) is 34.1 Å². The lowest BCUT2D eigenvalue weighted by Gasteiger charge is -2.26. The number of hydrogen-bond donors (Lipinski definition) is 2. The molecule has 1 aromatic rings. The molecule has 7 nitrogen and oxygen atoms in total. The summed E-state index contributed by atoms with van der Waals surface area (Å²) in [5.74, 6) is -0.512. The van der Waals surface area contributed by atoms with Gasteiger partial charge in [0.1, 0.15) is 6.42 Å². The largest absolute Gasteiger partial charge is 0.324 e. The van der Waals surface area contributed by atoms with Crippen molar-refractivity contribution in [3.8, 4) is 0 Å². The van der Waals surface area contributed by atoms with Crippen molar-refractivity contribution in [2.24, 2.45) is 11.8 Å². The summed E-state index contributed by atoms with van der Waals surface area (Å²) in [4.78, 5) is 23.4. The van der Waals surface area contributed by atoms with Crippen LogP contribution in [0, 0.1) is 11.8 Å². The van der Waals surface area contributed by atoms with E-state index in [2.05, 4.69) is 10.6 Å². The fourth-order valence-electron chi connectivity index (χ4n) is 2.67. The first-order chi connectivity index (χ1) is 11.6. The van der Waals surface area contributed by atoms with Gasteiger partial charge in [-0.3, -0.25) is 9.59 Å². The Labute approximate surface area is 148 Å². The Morgan fingerprint density at radius 1 is 0.960 bits per heavy atom. The molecule has 0 bridgehead atoms. The first kappa shape index (κ1) is 19.4. The van der Waals surface area contributed by atoms with E-state index in [1.807, 2.05) is 27.7 Å². The normalized spacial score (nSPS) is 15.2. The zero-order valence-corrected chi connectivity index (χ0v) is 15.8. The second-order valence-corrected chi connectivity index (χ2v) is 9.03. The van der Waals surface area contributed by atoms with Crippen LogP contribution in [0.25, 0.3) is 0 Å². The second kappa shape index (κ2) is 7.53. The molecular weight excluding hydrogens is 342 g/mol. The van der Waals surface area contributed by atoms with E-state index in [4.69, 9.17) is 0 Å². The van der Waals surface area contributed by atoms with Crippen molar-refractivity contribution in [2.75, 3.05) is 23.7 Å². The van der Waals surface area contributed by atoms with Crippen LogP contribution in [0.5, 0.6) is 0 Å². The Morgan fingerprint density at radius 3 is 2.00 bits per heavy atom. The molecule has 0 aliphatic carbocycles. The summed E-state index contributed by atoms with van der Waals surface area (Å²) in [5.41, 5.74) is 0.694. The van der Waals surface area contributed by atoms with E-state index in [0.29, 0.717) is 24.5 Å². The maximum Gasteiger partial charge on any atom is 0.243 e. The minimum Gasteiger partial charge on any atom is -0.324 e. The van der Waals surface area contributed by atoms with Crippen LogP contribution < -0.4 is 10.6 Å². The highest BCUT2D eigenvalue weighted by Crippen LogP contribution is 2.29. The number of sulfonamides is 1. The van der Waals surface area contributed by atoms with Gasteiger partial charge in [0.15, 0.2) is 0 Å². The highest BCUT2D eigenvalue weighted by Gasteiger charge is 2.28. The number of fused-ring (bicyclic) bond motifs is 1. The highest BCUT2D eigenvalue weighted by molar-refractivity contribution is 7.89. The van der Waals surface area contributed by atoms with Crippen molar-refractivity contribution in [2.45, 2.75) is 39.0 Å². The number of carbonyl (C=O) groups is 2. The number of anilines is 2. The third-order valence-corrected chi connectivity index (χ3v) is 5.46. The first-order valence-electron chi connectivity index (χ1n) is 8.33. The van der Waals surface area contributed by atoms with Gasteiger partial charge in [-0.2, -0.15) is 4.31 Å². The van der Waals surface area contributed by atoms with E-state index in [1.165, 1.54) is 22.5 Å². The van der Waals surface area contributed by atoms with Crippen molar-refractivity contribution in [1.29, 1.82) is 0 Å². The number of amides is 2. The van der Waals surface area contributed by atoms with Gasteiger partial charge in [0.2, 0.25) is 21.8 Å². The molecule has 0 saturated carbocycles. The average Bonchev–Trinajstić information content (AvgIpc) is 2.60. The maximum atomic E-state index is 13.0. The third kappa shape index (κ3) is 4.79. The zero-order valence-electron chi connectivity index (χ0n) is 15.0. The van der Waals surface area contributed by atoms with Crippen LogP contribution in [0.2, 0.25) is 0 Å². The molecule has 8 heteroatoms. The molecule has 0 saturated heterocycles. The summed E-state index contributed by atoms with van der Waals surface area (Å²) < 4.78 is 27.6. The zero-order chi connectivity index (χ0) is 18.8. The quantitative estimate of drug-likeness (QED) is 0.754. The fraction of sp³-hybridized carbons (Fsp3) is 0.529. The molecule has 2 N–H and O–H groups in total. The predicted molar refractivity (Wildman–Crippen MR) is 96.8 cm³/mol. The minimum atomic E-state index is -3.70. The number of rotatable bonds is 6. The fourth-order valence-corrected chi connectivity index (χ4v) is 4.46. The molecule has 0 fully saturated rings. The molecule has 2 rings (SSSR count). The summed E-state index contributed by atoms with van der Waals surface area (Å²) in [6.07, 6.45) is -0.288. The van der Waals surface area contributed by atoms with Crippen LogP contribution in [0.4, 0.5) is 11.4 Å². The molecule has 0 radical (unpaired) electrons. The molecule has 1 aliphatic rings. The van der Waals surface area contributed by atoms with Gasteiger partial charge in [0, 0.05) is 13.1 Å². The van der Waals surface area contributed by atoms with Crippen LogP contribution >= 0.6 is 0 Å². The Bertz CT molecular complexity index is 762. The number of benzene rings is 1. The lowest BCUT2D eigenvalue weighted by molar-refractivity contribution is -0.123. The van der Waals surface area contributed by atoms with Crippen LogP contribution in [0.15, 0.2) is 23.1 Å². The van der Waals surface area contributed by atoms with Crippen molar-refractivity contribution in [1.82, 2.24) is 4.31 Å². The molecule has 2 amide bonds. The van der Waals surface area contributed by atoms with Crippen molar-refractivity contribution < 1.29 is 18.0 Å². The van der Waals surface area contributed by atoms with Crippen LogP contribution in [-0.2, 0) is 19.6 Å². The van der Waals surface area contributed by atoms with E-state index < -0.39 is 21.8 Å². The maximum absolute atomic E-state index is 13.0. The molecule has 1 aromatic carbocycles. The summed E-state index contributed by atoms with van der Waals surface area (Å²) in [7, 11) is -3.70. The van der Waals surface area contributed by atoms with Gasteiger partial charge in [0.05, 0.1) is 16.3 Å². The third-order valence-electron chi connectivity index (χ3n) is 3.64. The van der Waals surface area contributed by atoms with Crippen molar-refractivity contribution in [3.63, 3.8) is 0 Å². The summed E-state index contributed by atoms with van der Waals surface area (Å²) in [5, 5.41) is 5.17. The molecule has 0 aromatic heterocycles. The lowest BCUT2D eigenvalue weighted by Crippen LogP contribution is -2.37. The van der Waals surface area contributed by atoms with Gasteiger partial charge >= 0.3 is 0 Å². The number of hydrogen-bond acceptors (Lipinski definition) is 4. The highest BCUT2D eigenvalue weighted by atomic mass is 32.2. The predicted octanol–water partition coefficient (Wildman–Crippen LogP) is 2.27. The topological polar surface area (TPSA) is 95.6 Å². The average molecular weight is 367 g/mol. The van der Waals surface area contributed by atoms with Crippen LogP contribution in [0.3, 0.4) is 0 Å². The Kier molecular flexibility index (Phi) is 5.84. The van der Waals surface area contributed by atoms with Gasteiger partial charge in [-0.1, -0.05) is 27.7 Å². The summed E-state index contributed by atoms with van der Waals surface area (Å²) >= 11 is 0. The summed E-state index contributed by atoms with van der Waals surface area (Å²) in [6, 6.07) is 4.37. The smallest absolute Gasteiger partial charge is 0.243 e. The lowest BCUT2D eigenvalue weighted by atomic mass is 10.2. The SMILES string of the molecule is CC(C)CN(CC(C)C)S(=O)(=O)c1ccc2c(c1)NC(=O)CC(=O)N2. The second-order valence-electron chi connectivity index (χ2n) is 7.09. The van der Waals surface area contributed by atoms with Gasteiger partial charge in [-0.05, 0) is 30.0 Å². The van der Waals surface area contributed by atoms with Gasteiger partial charge in [-0.15, -0.1) is 0 Å². The number of carbonyl (C=O) groups excluding carboxylic acids is 2. The molecule has 1 aliphatic heterocycles. The molecule has 25 heavy (non-hydrogen) atoms. The molecule has 0 atom stereocenters. The number of nitrogens with one attached hydrogen (secondary N) is 2. The van der Waals surface area contributed by atoms with Gasteiger partial charge in [-0.25, -0.2) is 8.42 Å². The van der Waals surface area contributed by atoms with E-state index in [-0.39, 0.29) is 23.2 Å². The van der Waals surface area contributed by atoms with Gasteiger partial charge < -0.3 is 10.6 Å². The van der Waals surface area contributed by atoms with E-state index in [0.717, 1.165) is 0 Å². The van der Waals surface area contributed by atoms with Gasteiger partial charge in [0.25, 0.3) is 0 Å². The Morgan fingerprint density at radius 2 is 1.48 bits per heavy atom. The Hall–Kier alpha value is -1.93. The van der Waals surface area contributed by atoms with E-state index >= 15 is 0 Å². The first-order valence-corrected chi connectivity index (χ1v) is 9.77. The minimum absolute atomic E-state index is 0.101. The molecule has 138 valence electrons.